The lowest BCUT2D eigenvalue weighted by molar-refractivity contribution is -0.138. The molecule has 0 aliphatic carbocycles. The molecule has 1 fully saturated rings. The molecule has 0 spiro atoms. The van der Waals surface area contributed by atoms with E-state index in [2.05, 4.69) is 14.9 Å². The average Bonchev–Trinajstić information content (AvgIpc) is 2.30. The van der Waals surface area contributed by atoms with Gasteiger partial charge in [-0.15, -0.1) is 0 Å². The number of carbonyl (C=O) groups is 1. The second-order valence-corrected chi connectivity index (χ2v) is 4.51. The Morgan fingerprint density at radius 3 is 2.94 bits per heavy atom. The molecule has 1 aliphatic rings. The van der Waals surface area contributed by atoms with Crippen LogP contribution in [0.3, 0.4) is 0 Å². The Morgan fingerprint density at radius 2 is 2.24 bits per heavy atom. The van der Waals surface area contributed by atoms with E-state index in [9.17, 15) is 4.79 Å². The zero-order valence-electron chi connectivity index (χ0n) is 9.75. The van der Waals surface area contributed by atoms with Crippen molar-refractivity contribution in [1.29, 1.82) is 0 Å². The van der Waals surface area contributed by atoms with Crippen LogP contribution in [0.2, 0.25) is 0 Å². The summed E-state index contributed by atoms with van der Waals surface area (Å²) in [5, 5.41) is 8.80. The van der Waals surface area contributed by atoms with Gasteiger partial charge in [0.15, 0.2) is 0 Å². The van der Waals surface area contributed by atoms with Crippen LogP contribution in [-0.2, 0) is 11.3 Å². The molecule has 1 N–H and O–H groups in total. The van der Waals surface area contributed by atoms with Crippen molar-refractivity contribution in [3.8, 4) is 0 Å². The van der Waals surface area contributed by atoms with Crippen LogP contribution in [0.1, 0.15) is 25.1 Å². The highest BCUT2D eigenvalue weighted by molar-refractivity contribution is 5.67. The maximum absolute atomic E-state index is 10.7. The van der Waals surface area contributed by atoms with Gasteiger partial charge in [-0.2, -0.15) is 0 Å². The van der Waals surface area contributed by atoms with Gasteiger partial charge in [0.05, 0.1) is 6.54 Å². The third-order valence-electron chi connectivity index (χ3n) is 3.05. The zero-order chi connectivity index (χ0) is 12.1. The molecule has 1 aromatic heterocycles. The van der Waals surface area contributed by atoms with Gasteiger partial charge in [0.25, 0.3) is 0 Å². The summed E-state index contributed by atoms with van der Waals surface area (Å²) in [6.07, 6.45) is 5.82. The van der Waals surface area contributed by atoms with E-state index in [-0.39, 0.29) is 12.3 Å². The van der Waals surface area contributed by atoms with Crippen LogP contribution >= 0.6 is 0 Å². The van der Waals surface area contributed by atoms with Crippen LogP contribution in [0.5, 0.6) is 0 Å². The largest absolute Gasteiger partial charge is 0.481 e. The Labute approximate surface area is 100 Å². The van der Waals surface area contributed by atoms with E-state index in [0.29, 0.717) is 0 Å². The van der Waals surface area contributed by atoms with Crippen molar-refractivity contribution < 1.29 is 9.90 Å². The maximum Gasteiger partial charge on any atom is 0.303 e. The molecule has 1 unspecified atom stereocenters. The molecule has 0 aromatic carbocycles. The third-order valence-corrected chi connectivity index (χ3v) is 3.05. The minimum absolute atomic E-state index is 0.268. The first-order valence-corrected chi connectivity index (χ1v) is 5.94. The van der Waals surface area contributed by atoms with Crippen molar-refractivity contribution in [3.63, 3.8) is 0 Å². The number of likely N-dealkylation sites (tertiary alicyclic amines) is 1. The molecule has 0 amide bonds. The summed E-state index contributed by atoms with van der Waals surface area (Å²) in [5.74, 6) is 0.376. The predicted molar refractivity (Wildman–Crippen MR) is 62.3 cm³/mol. The molecule has 1 saturated heterocycles. The minimum Gasteiger partial charge on any atom is -0.481 e. The monoisotopic (exact) mass is 235 g/mol. The van der Waals surface area contributed by atoms with Crippen LogP contribution in [0.15, 0.2) is 18.5 Å². The summed E-state index contributed by atoms with van der Waals surface area (Å²) >= 11 is 0. The van der Waals surface area contributed by atoms with E-state index in [1.807, 2.05) is 0 Å². The first kappa shape index (κ1) is 12.0. The predicted octanol–water partition coefficient (Wildman–Crippen LogP) is 1.16. The SMILES string of the molecule is O=C(O)CC1CCCN(Cc2ncccn2)C1. The van der Waals surface area contributed by atoms with Gasteiger partial charge in [0, 0.05) is 25.4 Å². The fourth-order valence-corrected chi connectivity index (χ4v) is 2.32. The van der Waals surface area contributed by atoms with Crippen LogP contribution in [0.25, 0.3) is 0 Å². The van der Waals surface area contributed by atoms with Crippen molar-refractivity contribution in [2.24, 2.45) is 5.92 Å². The van der Waals surface area contributed by atoms with Gasteiger partial charge >= 0.3 is 5.97 Å². The number of aromatic nitrogens is 2. The van der Waals surface area contributed by atoms with Gasteiger partial charge in [-0.1, -0.05) is 0 Å². The van der Waals surface area contributed by atoms with Crippen molar-refractivity contribution in [1.82, 2.24) is 14.9 Å². The van der Waals surface area contributed by atoms with Crippen LogP contribution in [-0.4, -0.2) is 39.0 Å². The number of hydrogen-bond acceptors (Lipinski definition) is 4. The Hall–Kier alpha value is -1.49. The second kappa shape index (κ2) is 5.72. The van der Waals surface area contributed by atoms with E-state index in [4.69, 9.17) is 5.11 Å². The molecular formula is C12H17N3O2. The molecule has 17 heavy (non-hydrogen) atoms. The lowest BCUT2D eigenvalue weighted by atomic mass is 9.95. The summed E-state index contributed by atoms with van der Waals surface area (Å²) in [4.78, 5) is 21.3. The van der Waals surface area contributed by atoms with Crippen LogP contribution in [0, 0.1) is 5.92 Å². The second-order valence-electron chi connectivity index (χ2n) is 4.51. The Balaban J connectivity index is 1.87. The van der Waals surface area contributed by atoms with E-state index in [0.717, 1.165) is 38.3 Å². The van der Waals surface area contributed by atoms with E-state index in [1.54, 1.807) is 18.5 Å². The fourth-order valence-electron chi connectivity index (χ4n) is 2.32. The molecule has 0 saturated carbocycles. The topological polar surface area (TPSA) is 66.3 Å². The summed E-state index contributed by atoms with van der Waals surface area (Å²) in [7, 11) is 0. The molecule has 0 radical (unpaired) electrons. The molecule has 1 aromatic rings. The first-order chi connectivity index (χ1) is 8.24. The number of piperidine rings is 1. The summed E-state index contributed by atoms with van der Waals surface area (Å²) < 4.78 is 0. The third kappa shape index (κ3) is 3.78. The van der Waals surface area contributed by atoms with Crippen molar-refractivity contribution in [2.45, 2.75) is 25.8 Å². The molecule has 5 nitrogen and oxygen atoms in total. The summed E-state index contributed by atoms with van der Waals surface area (Å²) in [5.41, 5.74) is 0. The highest BCUT2D eigenvalue weighted by Crippen LogP contribution is 2.20. The van der Waals surface area contributed by atoms with Crippen LogP contribution < -0.4 is 0 Å². The van der Waals surface area contributed by atoms with Gasteiger partial charge in [0.2, 0.25) is 0 Å². The van der Waals surface area contributed by atoms with Crippen molar-refractivity contribution in [2.75, 3.05) is 13.1 Å². The Bertz CT molecular complexity index is 369. The number of carboxylic acid groups (broad SMARTS) is 1. The molecule has 92 valence electrons. The number of carboxylic acids is 1. The first-order valence-electron chi connectivity index (χ1n) is 5.94. The normalized spacial score (nSPS) is 21.3. The van der Waals surface area contributed by atoms with Crippen LogP contribution in [0.4, 0.5) is 0 Å². The van der Waals surface area contributed by atoms with Gasteiger partial charge in [-0.05, 0) is 31.4 Å². The molecule has 5 heteroatoms. The van der Waals surface area contributed by atoms with Gasteiger partial charge < -0.3 is 5.11 Å². The highest BCUT2D eigenvalue weighted by atomic mass is 16.4. The van der Waals surface area contributed by atoms with Crippen molar-refractivity contribution in [3.05, 3.63) is 24.3 Å². The molecule has 1 atom stereocenters. The maximum atomic E-state index is 10.7. The van der Waals surface area contributed by atoms with Gasteiger partial charge in [0.1, 0.15) is 5.82 Å². The molecule has 2 heterocycles. The number of aliphatic carboxylic acids is 1. The van der Waals surface area contributed by atoms with Gasteiger partial charge in [-0.25, -0.2) is 9.97 Å². The molecule has 2 rings (SSSR count). The quantitative estimate of drug-likeness (QED) is 0.848. The minimum atomic E-state index is -0.701. The number of nitrogens with zero attached hydrogens (tertiary/aromatic N) is 3. The smallest absolute Gasteiger partial charge is 0.303 e. The summed E-state index contributed by atoms with van der Waals surface area (Å²) in [6.45, 7) is 2.57. The Kier molecular flexibility index (Phi) is 4.03. The highest BCUT2D eigenvalue weighted by Gasteiger charge is 2.22. The molecule has 0 bridgehead atoms. The zero-order valence-corrected chi connectivity index (χ0v) is 9.75. The Morgan fingerprint density at radius 1 is 1.47 bits per heavy atom. The van der Waals surface area contributed by atoms with E-state index < -0.39 is 5.97 Å². The molecule has 1 aliphatic heterocycles. The van der Waals surface area contributed by atoms with E-state index >= 15 is 0 Å². The fraction of sp³-hybridized carbons (Fsp3) is 0.583. The number of hydrogen-bond donors (Lipinski definition) is 1. The van der Waals surface area contributed by atoms with Gasteiger partial charge in [-0.3, -0.25) is 9.69 Å². The lowest BCUT2D eigenvalue weighted by Gasteiger charge is -2.31. The standard InChI is InChI=1S/C12H17N3O2/c16-12(17)7-10-3-1-6-15(8-10)9-11-13-4-2-5-14-11/h2,4-5,10H,1,3,6-9H2,(H,16,17). The molecular weight excluding hydrogens is 218 g/mol. The summed E-state index contributed by atoms with van der Waals surface area (Å²) in [6, 6.07) is 1.80. The van der Waals surface area contributed by atoms with E-state index in [1.165, 1.54) is 0 Å². The average molecular weight is 235 g/mol. The van der Waals surface area contributed by atoms with Crippen molar-refractivity contribution >= 4 is 5.97 Å². The lowest BCUT2D eigenvalue weighted by Crippen LogP contribution is -2.36. The number of rotatable bonds is 4.